The van der Waals surface area contributed by atoms with Crippen LogP contribution in [0.5, 0.6) is 0 Å². The molecule has 5 heteroatoms. The Kier molecular flexibility index (Phi) is 1.78. The molecule has 0 spiro atoms. The van der Waals surface area contributed by atoms with Crippen molar-refractivity contribution in [3.63, 3.8) is 0 Å². The molecule has 0 aromatic heterocycles. The number of fused-ring (bicyclic) bond motifs is 1. The minimum atomic E-state index is -0.861. The summed E-state index contributed by atoms with van der Waals surface area (Å²) in [6, 6.07) is 0. The molecule has 0 bridgehead atoms. The van der Waals surface area contributed by atoms with Crippen LogP contribution < -0.4 is 0 Å². The molecule has 1 unspecified atom stereocenters. The van der Waals surface area contributed by atoms with Gasteiger partial charge in [0, 0.05) is 12.3 Å². The third-order valence-electron chi connectivity index (χ3n) is 2.03. The van der Waals surface area contributed by atoms with E-state index < -0.39 is 5.97 Å². The van der Waals surface area contributed by atoms with Gasteiger partial charge in [0.2, 0.25) is 0 Å². The molecule has 0 radical (unpaired) electrons. The Bertz CT molecular complexity index is 359. The molecule has 0 aromatic rings. The van der Waals surface area contributed by atoms with E-state index in [4.69, 9.17) is 5.11 Å². The van der Waals surface area contributed by atoms with Crippen LogP contribution in [0, 0.1) is 0 Å². The number of nitrogens with zero attached hydrogens (tertiary/aromatic N) is 2. The fourth-order valence-electron chi connectivity index (χ4n) is 1.31. The van der Waals surface area contributed by atoms with Crippen molar-refractivity contribution < 1.29 is 14.4 Å². The van der Waals surface area contributed by atoms with Gasteiger partial charge in [0.25, 0.3) is 0 Å². The Labute approximate surface area is 79.8 Å². The van der Waals surface area contributed by atoms with Gasteiger partial charge in [0.05, 0.1) is 7.05 Å². The summed E-state index contributed by atoms with van der Waals surface area (Å²) in [4.78, 5) is 15.2. The molecule has 2 rings (SSSR count). The molecule has 1 atom stereocenters. The predicted octanol–water partition coefficient (Wildman–Crippen LogP) is 0.989. The van der Waals surface area contributed by atoms with Crippen LogP contribution in [0.3, 0.4) is 0 Å². The summed E-state index contributed by atoms with van der Waals surface area (Å²) < 4.78 is 0.489. The zero-order chi connectivity index (χ0) is 9.47. The molecular weight excluding hydrogens is 188 g/mol. The van der Waals surface area contributed by atoms with Gasteiger partial charge in [0.15, 0.2) is 16.6 Å². The molecule has 0 amide bonds. The summed E-state index contributed by atoms with van der Waals surface area (Å²) in [5, 5.41) is 9.83. The lowest BCUT2D eigenvalue weighted by molar-refractivity contribution is -0.809. The van der Waals surface area contributed by atoms with Crippen molar-refractivity contribution in [3.8, 4) is 0 Å². The zero-order valence-corrected chi connectivity index (χ0v) is 7.91. The largest absolute Gasteiger partial charge is 0.477 e. The van der Waals surface area contributed by atoms with Gasteiger partial charge in [0.1, 0.15) is 6.20 Å². The highest BCUT2D eigenvalue weighted by molar-refractivity contribution is 8.07. The monoisotopic (exact) mass is 197 g/mol. The second-order valence-electron chi connectivity index (χ2n) is 3.15. The van der Waals surface area contributed by atoms with Crippen LogP contribution in [-0.4, -0.2) is 35.5 Å². The van der Waals surface area contributed by atoms with Crippen molar-refractivity contribution in [2.75, 3.05) is 13.7 Å². The van der Waals surface area contributed by atoms with Crippen molar-refractivity contribution >= 4 is 23.9 Å². The number of hydrogen-bond donors (Lipinski definition) is 1. The number of carboxylic acids is 1. The van der Waals surface area contributed by atoms with Crippen molar-refractivity contribution in [2.24, 2.45) is 4.99 Å². The number of carbonyl (C=O) groups is 1. The number of quaternary nitrogens is 1. The lowest BCUT2D eigenvalue weighted by Crippen LogP contribution is -2.35. The van der Waals surface area contributed by atoms with Crippen LogP contribution in [-0.2, 0) is 4.79 Å². The highest BCUT2D eigenvalue weighted by Gasteiger charge is 2.38. The molecule has 2 heterocycles. The summed E-state index contributed by atoms with van der Waals surface area (Å²) in [6.07, 6.45) is 5.32. The molecule has 4 nitrogen and oxygen atoms in total. The Morgan fingerprint density at radius 3 is 3.15 bits per heavy atom. The Hall–Kier alpha value is -1.07. The van der Waals surface area contributed by atoms with Crippen molar-refractivity contribution in [1.29, 1.82) is 0 Å². The van der Waals surface area contributed by atoms with Crippen LogP contribution in [0.4, 0.5) is 0 Å². The van der Waals surface area contributed by atoms with Gasteiger partial charge >= 0.3 is 5.97 Å². The van der Waals surface area contributed by atoms with E-state index in [0.29, 0.717) is 16.1 Å². The van der Waals surface area contributed by atoms with Gasteiger partial charge < -0.3 is 5.11 Å². The SMILES string of the molecule is C[N+]12C=C(C(=O)O)SC1=CC=NC2. The first kappa shape index (κ1) is 8.52. The summed E-state index contributed by atoms with van der Waals surface area (Å²) in [5.74, 6) is -0.861. The van der Waals surface area contributed by atoms with E-state index in [9.17, 15) is 4.79 Å². The lowest BCUT2D eigenvalue weighted by Gasteiger charge is -2.25. The lowest BCUT2D eigenvalue weighted by atomic mass is 10.4. The summed E-state index contributed by atoms with van der Waals surface area (Å²) in [7, 11) is 1.95. The van der Waals surface area contributed by atoms with Gasteiger partial charge in [-0.05, 0) is 11.8 Å². The van der Waals surface area contributed by atoms with E-state index in [2.05, 4.69) is 4.99 Å². The molecular formula is C8H9N2O2S+. The molecule has 0 aromatic carbocycles. The Morgan fingerprint density at radius 2 is 2.54 bits per heavy atom. The molecule has 68 valence electrons. The van der Waals surface area contributed by atoms with Gasteiger partial charge in [-0.25, -0.2) is 14.3 Å². The van der Waals surface area contributed by atoms with E-state index in [1.807, 2.05) is 13.1 Å². The van der Waals surface area contributed by atoms with Crippen molar-refractivity contribution in [3.05, 3.63) is 22.2 Å². The number of allylic oxidation sites excluding steroid dienone is 1. The first-order chi connectivity index (χ1) is 6.12. The number of thioether (sulfide) groups is 1. The summed E-state index contributed by atoms with van der Waals surface area (Å²) in [5.41, 5.74) is 0. The Balaban J connectivity index is 2.36. The summed E-state index contributed by atoms with van der Waals surface area (Å²) >= 11 is 1.31. The highest BCUT2D eigenvalue weighted by Crippen LogP contribution is 2.41. The van der Waals surface area contributed by atoms with E-state index in [1.54, 1.807) is 12.4 Å². The van der Waals surface area contributed by atoms with Crippen LogP contribution >= 0.6 is 11.8 Å². The third-order valence-corrected chi connectivity index (χ3v) is 3.29. The number of carboxylic acid groups (broad SMARTS) is 1. The third kappa shape index (κ3) is 1.30. The Morgan fingerprint density at radius 1 is 1.77 bits per heavy atom. The maximum atomic E-state index is 10.7. The first-order valence-electron chi connectivity index (χ1n) is 3.82. The molecule has 1 N–H and O–H groups in total. The molecule has 0 fully saturated rings. The van der Waals surface area contributed by atoms with Gasteiger partial charge in [-0.2, -0.15) is 0 Å². The smallest absolute Gasteiger partial charge is 0.348 e. The van der Waals surface area contributed by atoms with Crippen LogP contribution in [0.25, 0.3) is 0 Å². The summed E-state index contributed by atoms with van der Waals surface area (Å²) in [6.45, 7) is 0.593. The van der Waals surface area contributed by atoms with Crippen molar-refractivity contribution in [2.45, 2.75) is 0 Å². The molecule has 0 saturated heterocycles. The standard InChI is InChI=1S/C8H8N2O2S/c1-10-4-6(8(11)12)13-7(10)2-3-9-5-10/h2-4H,5H2,1H3/p+1. The average Bonchev–Trinajstić information content (AvgIpc) is 2.41. The van der Waals surface area contributed by atoms with Crippen LogP contribution in [0.1, 0.15) is 0 Å². The van der Waals surface area contributed by atoms with Gasteiger partial charge in [-0.15, -0.1) is 0 Å². The minimum Gasteiger partial charge on any atom is -0.477 e. The van der Waals surface area contributed by atoms with Crippen LogP contribution in [0.15, 0.2) is 27.2 Å². The van der Waals surface area contributed by atoms with Gasteiger partial charge in [-0.1, -0.05) is 0 Å². The molecule has 0 saturated carbocycles. The number of aliphatic carboxylic acids is 1. The molecule has 13 heavy (non-hydrogen) atoms. The topological polar surface area (TPSA) is 49.7 Å². The number of rotatable bonds is 1. The van der Waals surface area contributed by atoms with E-state index >= 15 is 0 Å². The van der Waals surface area contributed by atoms with E-state index in [1.165, 1.54) is 11.8 Å². The normalized spacial score (nSPS) is 30.8. The van der Waals surface area contributed by atoms with Crippen LogP contribution in [0.2, 0.25) is 0 Å². The average molecular weight is 197 g/mol. The maximum Gasteiger partial charge on any atom is 0.348 e. The second kappa shape index (κ2) is 2.71. The quantitative estimate of drug-likeness (QED) is 0.638. The predicted molar refractivity (Wildman–Crippen MR) is 50.9 cm³/mol. The van der Waals surface area contributed by atoms with Gasteiger partial charge in [-0.3, -0.25) is 0 Å². The van der Waals surface area contributed by atoms with Crippen molar-refractivity contribution in [1.82, 2.24) is 0 Å². The fourth-order valence-corrected chi connectivity index (χ4v) is 2.36. The highest BCUT2D eigenvalue weighted by atomic mass is 32.2. The fraction of sp³-hybridized carbons (Fsp3) is 0.250. The second-order valence-corrected chi connectivity index (χ2v) is 4.21. The van der Waals surface area contributed by atoms with E-state index in [-0.39, 0.29) is 0 Å². The van der Waals surface area contributed by atoms with E-state index in [0.717, 1.165) is 5.03 Å². The molecule has 0 aliphatic carbocycles. The number of aliphatic imine (C=N–C) groups is 1. The number of hydrogen-bond acceptors (Lipinski definition) is 3. The zero-order valence-electron chi connectivity index (χ0n) is 7.10. The molecule has 2 aliphatic rings. The first-order valence-corrected chi connectivity index (χ1v) is 4.63. The molecule has 2 aliphatic heterocycles. The minimum absolute atomic E-state index is 0.388. The maximum absolute atomic E-state index is 10.7.